The van der Waals surface area contributed by atoms with Crippen LogP contribution in [-0.2, 0) is 12.4 Å². The molecule has 0 atom stereocenters. The van der Waals surface area contributed by atoms with E-state index in [9.17, 15) is 4.39 Å². The highest BCUT2D eigenvalue weighted by molar-refractivity contribution is 7.98. The van der Waals surface area contributed by atoms with Gasteiger partial charge in [-0.3, -0.25) is 4.98 Å². The highest BCUT2D eigenvalue weighted by Crippen LogP contribution is 2.27. The van der Waals surface area contributed by atoms with Crippen LogP contribution in [0.2, 0.25) is 0 Å². The molecule has 0 unspecified atom stereocenters. The number of benzene rings is 2. The molecular weight excluding hydrogens is 335 g/mol. The second-order valence-corrected chi connectivity index (χ2v) is 6.35. The lowest BCUT2D eigenvalue weighted by atomic mass is 10.2. The standard InChI is InChI=1S/C20H15FN2OS/c21-19-11-17(12-22)3-6-20(19)25-14-16-1-4-18(5-2-16)24-13-15-7-9-23-10-8-15/h1-11H,13-14H2. The number of hydrogen-bond donors (Lipinski definition) is 0. The quantitative estimate of drug-likeness (QED) is 0.589. The maximum atomic E-state index is 13.9. The zero-order valence-corrected chi connectivity index (χ0v) is 14.2. The summed E-state index contributed by atoms with van der Waals surface area (Å²) in [5.74, 6) is 1.07. The lowest BCUT2D eigenvalue weighted by Crippen LogP contribution is -1.95. The van der Waals surface area contributed by atoms with Gasteiger partial charge in [-0.2, -0.15) is 5.26 Å². The smallest absolute Gasteiger partial charge is 0.138 e. The van der Waals surface area contributed by atoms with Gasteiger partial charge in [-0.15, -0.1) is 11.8 Å². The van der Waals surface area contributed by atoms with Crippen LogP contribution in [-0.4, -0.2) is 4.98 Å². The molecule has 0 spiro atoms. The summed E-state index contributed by atoms with van der Waals surface area (Å²) in [7, 11) is 0. The fourth-order valence-electron chi connectivity index (χ4n) is 2.18. The fourth-order valence-corrected chi connectivity index (χ4v) is 3.05. The molecule has 25 heavy (non-hydrogen) atoms. The minimum atomic E-state index is -0.360. The first-order chi connectivity index (χ1) is 12.2. The SMILES string of the molecule is N#Cc1ccc(SCc2ccc(OCc3ccncc3)cc2)c(F)c1. The van der Waals surface area contributed by atoms with Crippen LogP contribution < -0.4 is 4.74 Å². The van der Waals surface area contributed by atoms with Crippen LogP contribution in [0.25, 0.3) is 0 Å². The molecule has 0 aliphatic heterocycles. The number of ether oxygens (including phenoxy) is 1. The number of aromatic nitrogens is 1. The number of nitriles is 1. The minimum Gasteiger partial charge on any atom is -0.489 e. The Morgan fingerprint density at radius 2 is 1.76 bits per heavy atom. The zero-order valence-electron chi connectivity index (χ0n) is 13.4. The Hall–Kier alpha value is -2.84. The maximum Gasteiger partial charge on any atom is 0.138 e. The number of pyridine rings is 1. The molecule has 3 rings (SSSR count). The first-order valence-electron chi connectivity index (χ1n) is 7.68. The van der Waals surface area contributed by atoms with E-state index in [1.807, 2.05) is 42.5 Å². The monoisotopic (exact) mass is 350 g/mol. The summed E-state index contributed by atoms with van der Waals surface area (Å²) in [5, 5.41) is 8.76. The summed E-state index contributed by atoms with van der Waals surface area (Å²) in [6.07, 6.45) is 3.47. The summed E-state index contributed by atoms with van der Waals surface area (Å²) < 4.78 is 19.6. The Morgan fingerprint density at radius 1 is 1.00 bits per heavy atom. The van der Waals surface area contributed by atoms with Gasteiger partial charge < -0.3 is 4.74 Å². The molecule has 1 aromatic heterocycles. The number of halogens is 1. The molecule has 0 saturated heterocycles. The van der Waals surface area contributed by atoms with Crippen molar-refractivity contribution in [2.45, 2.75) is 17.3 Å². The van der Waals surface area contributed by atoms with E-state index in [-0.39, 0.29) is 5.82 Å². The van der Waals surface area contributed by atoms with Crippen LogP contribution in [0.15, 0.2) is 71.9 Å². The summed E-state index contributed by atoms with van der Waals surface area (Å²) in [4.78, 5) is 4.51. The van der Waals surface area contributed by atoms with Crippen molar-refractivity contribution in [3.63, 3.8) is 0 Å². The van der Waals surface area contributed by atoms with Crippen LogP contribution in [0.5, 0.6) is 5.75 Å². The topological polar surface area (TPSA) is 45.9 Å². The van der Waals surface area contributed by atoms with Gasteiger partial charge in [-0.05, 0) is 53.6 Å². The highest BCUT2D eigenvalue weighted by atomic mass is 32.2. The van der Waals surface area contributed by atoms with Gasteiger partial charge in [0, 0.05) is 23.0 Å². The van der Waals surface area contributed by atoms with Crippen molar-refractivity contribution in [1.82, 2.24) is 4.98 Å². The molecule has 3 nitrogen and oxygen atoms in total. The number of rotatable bonds is 6. The second-order valence-electron chi connectivity index (χ2n) is 5.33. The molecule has 0 radical (unpaired) electrons. The van der Waals surface area contributed by atoms with E-state index < -0.39 is 0 Å². The van der Waals surface area contributed by atoms with E-state index in [2.05, 4.69) is 4.98 Å². The van der Waals surface area contributed by atoms with Crippen LogP contribution in [0.3, 0.4) is 0 Å². The predicted octanol–water partition coefficient (Wildman–Crippen LogP) is 4.96. The third kappa shape index (κ3) is 4.82. The van der Waals surface area contributed by atoms with Gasteiger partial charge in [0.05, 0.1) is 11.6 Å². The molecule has 0 fully saturated rings. The Balaban J connectivity index is 1.55. The van der Waals surface area contributed by atoms with Gasteiger partial charge in [0.25, 0.3) is 0 Å². The molecule has 0 bridgehead atoms. The Labute approximate surface area is 150 Å². The van der Waals surface area contributed by atoms with Crippen molar-refractivity contribution in [3.8, 4) is 11.8 Å². The van der Waals surface area contributed by atoms with E-state index in [1.165, 1.54) is 17.8 Å². The Bertz CT molecular complexity index is 876. The van der Waals surface area contributed by atoms with Crippen LogP contribution in [0.1, 0.15) is 16.7 Å². The number of hydrogen-bond acceptors (Lipinski definition) is 4. The van der Waals surface area contributed by atoms with Crippen LogP contribution in [0, 0.1) is 17.1 Å². The fraction of sp³-hybridized carbons (Fsp3) is 0.100. The van der Waals surface area contributed by atoms with E-state index in [0.29, 0.717) is 22.8 Å². The predicted molar refractivity (Wildman–Crippen MR) is 95.7 cm³/mol. The third-order valence-electron chi connectivity index (χ3n) is 3.53. The highest BCUT2D eigenvalue weighted by Gasteiger charge is 2.05. The second kappa shape index (κ2) is 8.32. The zero-order chi connectivity index (χ0) is 17.5. The molecule has 0 aliphatic carbocycles. The summed E-state index contributed by atoms with van der Waals surface area (Å²) >= 11 is 1.40. The molecule has 124 valence electrons. The molecule has 0 aliphatic rings. The lowest BCUT2D eigenvalue weighted by molar-refractivity contribution is 0.306. The van der Waals surface area contributed by atoms with Crippen molar-refractivity contribution in [3.05, 3.63) is 89.5 Å². The summed E-state index contributed by atoms with van der Waals surface area (Å²) in [6.45, 7) is 0.493. The molecule has 3 aromatic rings. The van der Waals surface area contributed by atoms with E-state index in [1.54, 1.807) is 24.5 Å². The average Bonchev–Trinajstić information content (AvgIpc) is 2.67. The minimum absolute atomic E-state index is 0.331. The Morgan fingerprint density at radius 3 is 2.44 bits per heavy atom. The number of thioether (sulfide) groups is 1. The van der Waals surface area contributed by atoms with Gasteiger partial charge >= 0.3 is 0 Å². The third-order valence-corrected chi connectivity index (χ3v) is 4.65. The largest absolute Gasteiger partial charge is 0.489 e. The number of nitrogens with zero attached hydrogens (tertiary/aromatic N) is 2. The van der Waals surface area contributed by atoms with Crippen molar-refractivity contribution in [1.29, 1.82) is 5.26 Å². The van der Waals surface area contributed by atoms with Crippen molar-refractivity contribution in [2.24, 2.45) is 0 Å². The van der Waals surface area contributed by atoms with Crippen LogP contribution in [0.4, 0.5) is 4.39 Å². The van der Waals surface area contributed by atoms with Crippen LogP contribution >= 0.6 is 11.8 Å². The van der Waals surface area contributed by atoms with E-state index >= 15 is 0 Å². The van der Waals surface area contributed by atoms with Crippen molar-refractivity contribution in [2.75, 3.05) is 0 Å². The molecule has 0 amide bonds. The summed E-state index contributed by atoms with van der Waals surface area (Å²) in [5.41, 5.74) is 2.47. The first-order valence-corrected chi connectivity index (χ1v) is 8.66. The van der Waals surface area contributed by atoms with Gasteiger partial charge in [0.2, 0.25) is 0 Å². The van der Waals surface area contributed by atoms with Crippen molar-refractivity contribution < 1.29 is 9.13 Å². The lowest BCUT2D eigenvalue weighted by Gasteiger charge is -2.08. The van der Waals surface area contributed by atoms with Crippen molar-refractivity contribution >= 4 is 11.8 Å². The molecule has 0 saturated carbocycles. The van der Waals surface area contributed by atoms with E-state index in [4.69, 9.17) is 10.00 Å². The average molecular weight is 350 g/mol. The van der Waals surface area contributed by atoms with Gasteiger partial charge in [0.15, 0.2) is 0 Å². The van der Waals surface area contributed by atoms with Gasteiger partial charge in [-0.25, -0.2) is 4.39 Å². The molecule has 5 heteroatoms. The van der Waals surface area contributed by atoms with Gasteiger partial charge in [0.1, 0.15) is 18.2 Å². The van der Waals surface area contributed by atoms with E-state index in [0.717, 1.165) is 16.9 Å². The Kier molecular flexibility index (Phi) is 5.65. The molecule has 0 N–H and O–H groups in total. The molecular formula is C20H15FN2OS. The normalized spacial score (nSPS) is 10.2. The summed E-state index contributed by atoms with van der Waals surface area (Å²) in [6, 6.07) is 18.0. The first kappa shape index (κ1) is 17.0. The van der Waals surface area contributed by atoms with Gasteiger partial charge in [-0.1, -0.05) is 12.1 Å². The molecule has 2 aromatic carbocycles. The molecule has 1 heterocycles. The maximum absolute atomic E-state index is 13.9.